The van der Waals surface area contributed by atoms with E-state index in [4.69, 9.17) is 0 Å². The van der Waals surface area contributed by atoms with Gasteiger partial charge in [-0.05, 0) is 51.0 Å². The minimum Gasteiger partial charge on any atom is -0.389 e. The lowest BCUT2D eigenvalue weighted by Gasteiger charge is -2.28. The van der Waals surface area contributed by atoms with Gasteiger partial charge in [-0.15, -0.1) is 0 Å². The van der Waals surface area contributed by atoms with Gasteiger partial charge in [0.15, 0.2) is 0 Å². The lowest BCUT2D eigenvalue weighted by molar-refractivity contribution is 0.0480. The summed E-state index contributed by atoms with van der Waals surface area (Å²) in [5.74, 6) is 0. The Morgan fingerprint density at radius 2 is 2.10 bits per heavy atom. The van der Waals surface area contributed by atoms with E-state index < -0.39 is 5.60 Å². The minimum absolute atomic E-state index is 0.156. The molecule has 0 fully saturated rings. The van der Waals surface area contributed by atoms with E-state index in [0.29, 0.717) is 19.6 Å². The fraction of sp³-hybridized carbons (Fsp3) is 0.533. The van der Waals surface area contributed by atoms with Crippen LogP contribution in [0.3, 0.4) is 0 Å². The van der Waals surface area contributed by atoms with Crippen LogP contribution in [0, 0.1) is 6.92 Å². The molecule has 112 valence electrons. The number of carbonyl (C=O) groups is 1. The molecule has 0 aromatic heterocycles. The number of nitrogens with zero attached hydrogens (tertiary/aromatic N) is 1. The molecule has 0 saturated heterocycles. The molecule has 2 amide bonds. The number of amides is 2. The largest absolute Gasteiger partial charge is 0.389 e. The Kier molecular flexibility index (Phi) is 6.02. The average Bonchev–Trinajstić information content (AvgIpc) is 2.33. The van der Waals surface area contributed by atoms with Crippen LogP contribution < -0.4 is 5.32 Å². The molecule has 4 nitrogen and oxygen atoms in total. The maximum atomic E-state index is 12.1. The van der Waals surface area contributed by atoms with Crippen LogP contribution in [-0.4, -0.2) is 34.7 Å². The Bertz CT molecular complexity index is 469. The molecule has 0 spiro atoms. The number of benzene rings is 1. The highest BCUT2D eigenvalue weighted by Gasteiger charge is 2.21. The highest BCUT2D eigenvalue weighted by molar-refractivity contribution is 9.10. The smallest absolute Gasteiger partial charge is 0.317 e. The summed E-state index contributed by atoms with van der Waals surface area (Å²) in [5, 5.41) is 12.7. The Hall–Kier alpha value is -1.07. The number of urea groups is 1. The molecule has 0 heterocycles. The second-order valence-corrected chi connectivity index (χ2v) is 6.47. The fourth-order valence-electron chi connectivity index (χ4n) is 1.93. The molecule has 1 aromatic rings. The van der Waals surface area contributed by atoms with E-state index >= 15 is 0 Å². The molecule has 0 atom stereocenters. The first kappa shape index (κ1) is 17.0. The number of aryl methyl sites for hydroxylation is 1. The summed E-state index contributed by atoms with van der Waals surface area (Å²) in [6, 6.07) is 5.82. The van der Waals surface area contributed by atoms with E-state index in [-0.39, 0.29) is 6.03 Å². The Balaban J connectivity index is 2.61. The van der Waals surface area contributed by atoms with Gasteiger partial charge in [-0.3, -0.25) is 0 Å². The zero-order chi connectivity index (χ0) is 15.3. The van der Waals surface area contributed by atoms with Gasteiger partial charge in [0.05, 0.1) is 12.1 Å². The first-order valence-electron chi connectivity index (χ1n) is 6.73. The number of halogens is 1. The summed E-state index contributed by atoms with van der Waals surface area (Å²) in [5.41, 5.74) is 1.33. The molecule has 2 N–H and O–H groups in total. The van der Waals surface area contributed by atoms with Gasteiger partial charge in [-0.1, -0.05) is 22.0 Å². The molecule has 0 bridgehead atoms. The van der Waals surface area contributed by atoms with E-state index in [0.717, 1.165) is 15.6 Å². The van der Waals surface area contributed by atoms with Crippen molar-refractivity contribution in [3.05, 3.63) is 33.8 Å². The molecular formula is C15H23BrN2O2. The van der Waals surface area contributed by atoms with E-state index in [1.807, 2.05) is 32.0 Å². The number of hydrogen-bond donors (Lipinski definition) is 2. The fourth-order valence-corrected chi connectivity index (χ4v) is 2.41. The van der Waals surface area contributed by atoms with E-state index in [2.05, 4.69) is 21.2 Å². The molecule has 1 rings (SSSR count). The number of nitrogens with one attached hydrogen (secondary N) is 1. The van der Waals surface area contributed by atoms with Gasteiger partial charge in [0.1, 0.15) is 0 Å². The average molecular weight is 343 g/mol. The normalized spacial score (nSPS) is 11.3. The maximum Gasteiger partial charge on any atom is 0.317 e. The van der Waals surface area contributed by atoms with Crippen molar-refractivity contribution in [1.82, 2.24) is 10.2 Å². The first-order chi connectivity index (χ1) is 9.23. The van der Waals surface area contributed by atoms with Gasteiger partial charge in [-0.25, -0.2) is 4.79 Å². The summed E-state index contributed by atoms with van der Waals surface area (Å²) in [6.45, 7) is 8.67. The molecule has 0 aliphatic rings. The molecule has 0 aliphatic carbocycles. The van der Waals surface area contributed by atoms with Gasteiger partial charge in [0, 0.05) is 17.6 Å². The van der Waals surface area contributed by atoms with E-state index in [1.54, 1.807) is 18.7 Å². The quantitative estimate of drug-likeness (QED) is 0.863. The number of hydrogen-bond acceptors (Lipinski definition) is 2. The van der Waals surface area contributed by atoms with Gasteiger partial charge >= 0.3 is 6.03 Å². The van der Waals surface area contributed by atoms with Gasteiger partial charge < -0.3 is 15.3 Å². The van der Waals surface area contributed by atoms with Crippen LogP contribution in [0.4, 0.5) is 4.79 Å². The molecule has 0 aliphatic heterocycles. The van der Waals surface area contributed by atoms with Gasteiger partial charge in [0.2, 0.25) is 0 Å². The Morgan fingerprint density at radius 1 is 1.45 bits per heavy atom. The van der Waals surface area contributed by atoms with E-state index in [9.17, 15) is 9.90 Å². The maximum absolute atomic E-state index is 12.1. The van der Waals surface area contributed by atoms with Crippen molar-refractivity contribution < 1.29 is 9.90 Å². The third-order valence-electron chi connectivity index (χ3n) is 2.98. The molecule has 0 radical (unpaired) electrons. The predicted octanol–water partition coefficient (Wildman–Crippen LogP) is 3.06. The highest BCUT2D eigenvalue weighted by Crippen LogP contribution is 2.15. The SMILES string of the molecule is CCN(CC(C)(C)O)C(=O)NCc1ccc(Br)cc1C. The Labute approximate surface area is 129 Å². The molecule has 20 heavy (non-hydrogen) atoms. The number of carbonyl (C=O) groups excluding carboxylic acids is 1. The van der Waals surface area contributed by atoms with Crippen molar-refractivity contribution in [3.8, 4) is 0 Å². The molecular weight excluding hydrogens is 320 g/mol. The standard InChI is InChI=1S/C15H23BrN2O2/c1-5-18(10-15(3,4)20)14(19)17-9-12-6-7-13(16)8-11(12)2/h6-8,20H,5,9-10H2,1-4H3,(H,17,19). The first-order valence-corrected chi connectivity index (χ1v) is 7.52. The van der Waals surface area contributed by atoms with Crippen LogP contribution in [0.2, 0.25) is 0 Å². The van der Waals surface area contributed by atoms with Crippen molar-refractivity contribution in [1.29, 1.82) is 0 Å². The van der Waals surface area contributed by atoms with Crippen molar-refractivity contribution in [2.45, 2.75) is 39.8 Å². The van der Waals surface area contributed by atoms with Crippen LogP contribution in [0.15, 0.2) is 22.7 Å². The topological polar surface area (TPSA) is 52.6 Å². The monoisotopic (exact) mass is 342 g/mol. The van der Waals surface area contributed by atoms with Crippen molar-refractivity contribution in [2.24, 2.45) is 0 Å². The second kappa shape index (κ2) is 7.09. The number of aliphatic hydroxyl groups is 1. The summed E-state index contributed by atoms with van der Waals surface area (Å²) >= 11 is 3.42. The third kappa shape index (κ3) is 5.51. The minimum atomic E-state index is -0.888. The van der Waals surface area contributed by atoms with Crippen LogP contribution in [0.25, 0.3) is 0 Å². The summed E-state index contributed by atoms with van der Waals surface area (Å²) in [4.78, 5) is 13.7. The van der Waals surface area contributed by atoms with Crippen molar-refractivity contribution in [2.75, 3.05) is 13.1 Å². The zero-order valence-corrected chi connectivity index (χ0v) is 14.1. The van der Waals surface area contributed by atoms with Crippen molar-refractivity contribution >= 4 is 22.0 Å². The lowest BCUT2D eigenvalue weighted by Crippen LogP contribution is -2.46. The molecule has 0 saturated carbocycles. The predicted molar refractivity (Wildman–Crippen MR) is 84.7 cm³/mol. The Morgan fingerprint density at radius 3 is 2.60 bits per heavy atom. The van der Waals surface area contributed by atoms with Crippen molar-refractivity contribution in [3.63, 3.8) is 0 Å². The zero-order valence-electron chi connectivity index (χ0n) is 12.5. The molecule has 0 unspecified atom stereocenters. The lowest BCUT2D eigenvalue weighted by atomic mass is 10.1. The summed E-state index contributed by atoms with van der Waals surface area (Å²) < 4.78 is 1.03. The van der Waals surface area contributed by atoms with Crippen LogP contribution in [0.1, 0.15) is 31.9 Å². The number of likely N-dealkylation sites (N-methyl/N-ethyl adjacent to an activating group) is 1. The van der Waals surface area contributed by atoms with E-state index in [1.165, 1.54) is 0 Å². The summed E-state index contributed by atoms with van der Waals surface area (Å²) in [6.07, 6.45) is 0. The van der Waals surface area contributed by atoms with Crippen LogP contribution >= 0.6 is 15.9 Å². The second-order valence-electron chi connectivity index (χ2n) is 5.56. The van der Waals surface area contributed by atoms with Gasteiger partial charge in [0.25, 0.3) is 0 Å². The van der Waals surface area contributed by atoms with Gasteiger partial charge in [-0.2, -0.15) is 0 Å². The highest BCUT2D eigenvalue weighted by atomic mass is 79.9. The third-order valence-corrected chi connectivity index (χ3v) is 3.47. The summed E-state index contributed by atoms with van der Waals surface area (Å²) in [7, 11) is 0. The molecule has 5 heteroatoms. The van der Waals surface area contributed by atoms with Crippen LogP contribution in [-0.2, 0) is 6.54 Å². The number of rotatable bonds is 5. The van der Waals surface area contributed by atoms with Crippen LogP contribution in [0.5, 0.6) is 0 Å². The molecule has 1 aromatic carbocycles.